The summed E-state index contributed by atoms with van der Waals surface area (Å²) in [7, 11) is 0. The van der Waals surface area contributed by atoms with Gasteiger partial charge in [0, 0.05) is 12.8 Å². The van der Waals surface area contributed by atoms with E-state index in [0.29, 0.717) is 18.4 Å². The van der Waals surface area contributed by atoms with E-state index in [2.05, 4.69) is 0 Å². The van der Waals surface area contributed by atoms with Gasteiger partial charge in [-0.15, -0.1) is 0 Å². The van der Waals surface area contributed by atoms with Gasteiger partial charge >= 0.3 is 5.97 Å². The summed E-state index contributed by atoms with van der Waals surface area (Å²) in [6, 6.07) is 0. The summed E-state index contributed by atoms with van der Waals surface area (Å²) >= 11 is 0. The van der Waals surface area contributed by atoms with E-state index >= 15 is 0 Å². The van der Waals surface area contributed by atoms with Crippen LogP contribution in [0.5, 0.6) is 0 Å². The third-order valence-electron chi connectivity index (χ3n) is 2.96. The normalized spacial score (nSPS) is 35.6. The van der Waals surface area contributed by atoms with E-state index in [1.807, 2.05) is 0 Å². The molecule has 80 valence electrons. The van der Waals surface area contributed by atoms with Crippen LogP contribution in [0.2, 0.25) is 0 Å². The first kappa shape index (κ1) is 9.93. The summed E-state index contributed by atoms with van der Waals surface area (Å²) in [4.78, 5) is 10.6. The van der Waals surface area contributed by atoms with Crippen LogP contribution in [0.3, 0.4) is 0 Å². The van der Waals surface area contributed by atoms with Gasteiger partial charge < -0.3 is 14.2 Å². The maximum absolute atomic E-state index is 10.6. The van der Waals surface area contributed by atoms with Crippen LogP contribution in [-0.4, -0.2) is 32.1 Å². The molecule has 4 nitrogen and oxygen atoms in total. The van der Waals surface area contributed by atoms with Crippen LogP contribution >= 0.6 is 0 Å². The lowest BCUT2D eigenvalue weighted by atomic mass is 9.91. The molecule has 0 N–H and O–H groups in total. The number of rotatable bonds is 3. The third kappa shape index (κ3) is 2.07. The van der Waals surface area contributed by atoms with Crippen molar-refractivity contribution in [1.29, 1.82) is 0 Å². The van der Waals surface area contributed by atoms with E-state index in [1.165, 1.54) is 6.92 Å². The number of carbonyl (C=O) groups is 1. The fourth-order valence-electron chi connectivity index (χ4n) is 2.20. The molecule has 0 spiro atoms. The fourth-order valence-corrected chi connectivity index (χ4v) is 2.20. The first-order valence-corrected chi connectivity index (χ1v) is 5.14. The molecule has 2 rings (SSSR count). The Hall–Kier alpha value is -0.610. The molecule has 0 amide bonds. The molecule has 0 bridgehead atoms. The fraction of sp³-hybridized carbons (Fsp3) is 0.900. The number of hydrogen-bond donors (Lipinski definition) is 0. The first-order chi connectivity index (χ1) is 6.77. The molecule has 0 unspecified atom stereocenters. The Labute approximate surface area is 83.5 Å². The standard InChI is InChI=1S/C10H16O4/c1-7(11)12-4-2-8-6-14-10-9(8)3-5-13-10/h8-10H,2-6H2,1H3/t8-,9-,10+/m1/s1. The van der Waals surface area contributed by atoms with Gasteiger partial charge in [-0.2, -0.15) is 0 Å². The van der Waals surface area contributed by atoms with Crippen molar-refractivity contribution < 1.29 is 19.0 Å². The van der Waals surface area contributed by atoms with E-state index < -0.39 is 0 Å². The van der Waals surface area contributed by atoms with Crippen LogP contribution in [-0.2, 0) is 19.0 Å². The van der Waals surface area contributed by atoms with Crippen molar-refractivity contribution in [2.75, 3.05) is 19.8 Å². The Bertz CT molecular complexity index is 216. The topological polar surface area (TPSA) is 44.8 Å². The smallest absolute Gasteiger partial charge is 0.302 e. The summed E-state index contributed by atoms with van der Waals surface area (Å²) in [5, 5.41) is 0. The monoisotopic (exact) mass is 200 g/mol. The molecule has 4 heteroatoms. The van der Waals surface area contributed by atoms with E-state index in [0.717, 1.165) is 26.1 Å². The van der Waals surface area contributed by atoms with Gasteiger partial charge in [-0.1, -0.05) is 0 Å². The molecule has 0 radical (unpaired) electrons. The van der Waals surface area contributed by atoms with Crippen LogP contribution in [0.25, 0.3) is 0 Å². The van der Waals surface area contributed by atoms with Crippen molar-refractivity contribution in [3.63, 3.8) is 0 Å². The summed E-state index contributed by atoms with van der Waals surface area (Å²) in [5.74, 6) is 0.815. The minimum atomic E-state index is -0.205. The number of ether oxygens (including phenoxy) is 3. The molecule has 14 heavy (non-hydrogen) atoms. The van der Waals surface area contributed by atoms with Crippen molar-refractivity contribution in [3.8, 4) is 0 Å². The zero-order chi connectivity index (χ0) is 9.97. The zero-order valence-corrected chi connectivity index (χ0v) is 8.40. The molecule has 0 saturated carbocycles. The summed E-state index contributed by atoms with van der Waals surface area (Å²) in [5.41, 5.74) is 0. The second-order valence-electron chi connectivity index (χ2n) is 3.91. The van der Waals surface area contributed by atoms with Crippen LogP contribution in [0.15, 0.2) is 0 Å². The van der Waals surface area contributed by atoms with Crippen molar-refractivity contribution >= 4 is 5.97 Å². The van der Waals surface area contributed by atoms with Crippen LogP contribution in [0.1, 0.15) is 19.8 Å². The van der Waals surface area contributed by atoms with Gasteiger partial charge in [0.25, 0.3) is 0 Å². The first-order valence-electron chi connectivity index (χ1n) is 5.14. The number of hydrogen-bond acceptors (Lipinski definition) is 4. The molecule has 0 aliphatic carbocycles. The predicted molar refractivity (Wildman–Crippen MR) is 48.5 cm³/mol. The Morgan fingerprint density at radius 1 is 1.50 bits per heavy atom. The molecule has 0 aromatic heterocycles. The molecule has 2 saturated heterocycles. The molecule has 2 fully saturated rings. The predicted octanol–water partition coefficient (Wildman–Crippen LogP) is 0.949. The SMILES string of the molecule is CC(=O)OCC[C@@H]1CO[C@@H]2OCC[C@H]12. The Kier molecular flexibility index (Phi) is 3.03. The highest BCUT2D eigenvalue weighted by Crippen LogP contribution is 2.37. The second-order valence-corrected chi connectivity index (χ2v) is 3.91. The zero-order valence-electron chi connectivity index (χ0n) is 8.40. The Morgan fingerprint density at radius 3 is 3.14 bits per heavy atom. The van der Waals surface area contributed by atoms with Crippen molar-refractivity contribution in [3.05, 3.63) is 0 Å². The van der Waals surface area contributed by atoms with E-state index in [9.17, 15) is 4.79 Å². The Morgan fingerprint density at radius 2 is 2.36 bits per heavy atom. The highest BCUT2D eigenvalue weighted by Gasteiger charge is 2.41. The van der Waals surface area contributed by atoms with E-state index in [-0.39, 0.29) is 12.3 Å². The maximum Gasteiger partial charge on any atom is 0.302 e. The molecule has 2 aliphatic heterocycles. The summed E-state index contributed by atoms with van der Waals surface area (Å²) in [6.45, 7) is 3.50. The minimum Gasteiger partial charge on any atom is -0.466 e. The van der Waals surface area contributed by atoms with E-state index in [4.69, 9.17) is 14.2 Å². The van der Waals surface area contributed by atoms with Gasteiger partial charge in [0.05, 0.1) is 19.8 Å². The van der Waals surface area contributed by atoms with Crippen molar-refractivity contribution in [2.45, 2.75) is 26.1 Å². The highest BCUT2D eigenvalue weighted by atomic mass is 16.7. The number of esters is 1. The molecular weight excluding hydrogens is 184 g/mol. The maximum atomic E-state index is 10.6. The minimum absolute atomic E-state index is 0.0114. The lowest BCUT2D eigenvalue weighted by Gasteiger charge is -2.13. The van der Waals surface area contributed by atoms with Gasteiger partial charge in [-0.25, -0.2) is 0 Å². The number of carbonyl (C=O) groups excluding carboxylic acids is 1. The quantitative estimate of drug-likeness (QED) is 0.636. The van der Waals surface area contributed by atoms with Crippen molar-refractivity contribution in [1.82, 2.24) is 0 Å². The lowest BCUT2D eigenvalue weighted by molar-refractivity contribution is -0.141. The molecule has 0 aromatic carbocycles. The molecule has 2 heterocycles. The number of fused-ring (bicyclic) bond motifs is 1. The van der Waals surface area contributed by atoms with Gasteiger partial charge in [-0.3, -0.25) is 4.79 Å². The van der Waals surface area contributed by atoms with Gasteiger partial charge in [0.15, 0.2) is 6.29 Å². The highest BCUT2D eigenvalue weighted by molar-refractivity contribution is 5.65. The van der Waals surface area contributed by atoms with Gasteiger partial charge in [0.2, 0.25) is 0 Å². The second kappa shape index (κ2) is 4.28. The third-order valence-corrected chi connectivity index (χ3v) is 2.96. The average molecular weight is 200 g/mol. The summed E-state index contributed by atoms with van der Waals surface area (Å²) < 4.78 is 15.8. The average Bonchev–Trinajstić information content (AvgIpc) is 2.67. The van der Waals surface area contributed by atoms with Crippen molar-refractivity contribution in [2.24, 2.45) is 11.8 Å². The van der Waals surface area contributed by atoms with Crippen LogP contribution in [0.4, 0.5) is 0 Å². The molecular formula is C10H16O4. The van der Waals surface area contributed by atoms with Crippen LogP contribution in [0, 0.1) is 11.8 Å². The molecule has 3 atom stereocenters. The largest absolute Gasteiger partial charge is 0.466 e. The van der Waals surface area contributed by atoms with Gasteiger partial charge in [0.1, 0.15) is 0 Å². The lowest BCUT2D eigenvalue weighted by Crippen LogP contribution is -2.17. The van der Waals surface area contributed by atoms with E-state index in [1.54, 1.807) is 0 Å². The molecule has 0 aromatic rings. The summed E-state index contributed by atoms with van der Waals surface area (Å²) in [6.07, 6.45) is 1.98. The molecule has 2 aliphatic rings. The van der Waals surface area contributed by atoms with Gasteiger partial charge in [-0.05, 0) is 18.8 Å². The van der Waals surface area contributed by atoms with Crippen LogP contribution < -0.4 is 0 Å². The Balaban J connectivity index is 1.73.